The van der Waals surface area contributed by atoms with Crippen LogP contribution in [0.25, 0.3) is 0 Å². The van der Waals surface area contributed by atoms with Crippen LogP contribution in [-0.2, 0) is 23.0 Å². The standard InChI is InChI=1S/C15H19IN4O2S/c1-10(2)7-13-14(16)15(20-9-19-13)18-8-11-3-5-12(6-4-11)23(17,21)22/h3-6,9-10H,7-8H2,1-2H3,(H2,17,21,22)(H,18,19,20). The molecule has 23 heavy (non-hydrogen) atoms. The number of rotatable bonds is 6. The fourth-order valence-corrected chi connectivity index (χ4v) is 3.25. The third kappa shape index (κ3) is 5.11. The molecule has 0 unspecified atom stereocenters. The molecule has 0 spiro atoms. The van der Waals surface area contributed by atoms with Crippen LogP contribution in [0.3, 0.4) is 0 Å². The molecule has 0 bridgehead atoms. The highest BCUT2D eigenvalue weighted by atomic mass is 127. The molecule has 0 aliphatic heterocycles. The van der Waals surface area contributed by atoms with Crippen LogP contribution in [0.15, 0.2) is 35.5 Å². The molecule has 1 heterocycles. The largest absolute Gasteiger partial charge is 0.365 e. The fraction of sp³-hybridized carbons (Fsp3) is 0.333. The number of halogens is 1. The van der Waals surface area contributed by atoms with Crippen LogP contribution in [0, 0.1) is 9.49 Å². The highest BCUT2D eigenvalue weighted by Gasteiger charge is 2.10. The number of nitrogens with zero attached hydrogens (tertiary/aromatic N) is 2. The van der Waals surface area contributed by atoms with E-state index in [1.165, 1.54) is 12.1 Å². The summed E-state index contributed by atoms with van der Waals surface area (Å²) < 4.78 is 23.5. The zero-order valence-electron chi connectivity index (χ0n) is 13.0. The summed E-state index contributed by atoms with van der Waals surface area (Å²) in [6.45, 7) is 4.84. The Hall–Kier alpha value is -1.26. The molecule has 1 aromatic carbocycles. The second kappa shape index (κ2) is 7.54. The molecule has 0 saturated carbocycles. The molecule has 3 N–H and O–H groups in total. The smallest absolute Gasteiger partial charge is 0.238 e. The highest BCUT2D eigenvalue weighted by Crippen LogP contribution is 2.21. The first-order valence-corrected chi connectivity index (χ1v) is 9.75. The van der Waals surface area contributed by atoms with E-state index in [1.54, 1.807) is 18.5 Å². The van der Waals surface area contributed by atoms with Gasteiger partial charge in [-0.3, -0.25) is 0 Å². The summed E-state index contributed by atoms with van der Waals surface area (Å²) in [5.41, 5.74) is 1.97. The number of hydrogen-bond acceptors (Lipinski definition) is 5. The molecule has 0 aliphatic carbocycles. The minimum absolute atomic E-state index is 0.108. The average Bonchev–Trinajstić information content (AvgIpc) is 2.47. The van der Waals surface area contributed by atoms with Crippen LogP contribution >= 0.6 is 22.6 Å². The monoisotopic (exact) mass is 446 g/mol. The first-order valence-electron chi connectivity index (χ1n) is 7.12. The lowest BCUT2D eigenvalue weighted by atomic mass is 10.1. The van der Waals surface area contributed by atoms with Gasteiger partial charge < -0.3 is 5.32 Å². The van der Waals surface area contributed by atoms with E-state index < -0.39 is 10.0 Å². The Labute approximate surface area is 150 Å². The van der Waals surface area contributed by atoms with E-state index in [4.69, 9.17) is 5.14 Å². The lowest BCUT2D eigenvalue weighted by molar-refractivity contribution is 0.598. The van der Waals surface area contributed by atoms with Gasteiger partial charge in [-0.25, -0.2) is 23.5 Å². The van der Waals surface area contributed by atoms with Gasteiger partial charge in [-0.15, -0.1) is 0 Å². The number of nitrogens with one attached hydrogen (secondary N) is 1. The third-order valence-corrected chi connectivity index (χ3v) is 5.24. The highest BCUT2D eigenvalue weighted by molar-refractivity contribution is 14.1. The van der Waals surface area contributed by atoms with Crippen molar-refractivity contribution in [3.63, 3.8) is 0 Å². The normalized spacial score (nSPS) is 11.7. The van der Waals surface area contributed by atoms with Crippen molar-refractivity contribution in [1.29, 1.82) is 0 Å². The van der Waals surface area contributed by atoms with E-state index in [9.17, 15) is 8.42 Å². The van der Waals surface area contributed by atoms with Crippen LogP contribution in [0.4, 0.5) is 5.82 Å². The molecule has 0 saturated heterocycles. The van der Waals surface area contributed by atoms with E-state index in [2.05, 4.69) is 51.7 Å². The molecule has 2 aromatic rings. The van der Waals surface area contributed by atoms with Gasteiger partial charge in [-0.1, -0.05) is 26.0 Å². The minimum Gasteiger partial charge on any atom is -0.365 e. The van der Waals surface area contributed by atoms with E-state index in [1.807, 2.05) is 0 Å². The van der Waals surface area contributed by atoms with Crippen molar-refractivity contribution >= 4 is 38.4 Å². The number of sulfonamides is 1. The quantitative estimate of drug-likeness (QED) is 0.665. The molecule has 0 radical (unpaired) electrons. The molecule has 1 aromatic heterocycles. The van der Waals surface area contributed by atoms with Crippen molar-refractivity contribution in [2.45, 2.75) is 31.7 Å². The number of primary sulfonamides is 1. The fourth-order valence-electron chi connectivity index (χ4n) is 2.04. The van der Waals surface area contributed by atoms with Gasteiger partial charge in [0.2, 0.25) is 10.0 Å². The summed E-state index contributed by atoms with van der Waals surface area (Å²) in [4.78, 5) is 8.71. The Morgan fingerprint density at radius 1 is 1.22 bits per heavy atom. The van der Waals surface area contributed by atoms with Gasteiger partial charge in [0.1, 0.15) is 12.1 Å². The molecule has 2 rings (SSSR count). The van der Waals surface area contributed by atoms with Gasteiger partial charge in [-0.05, 0) is 52.6 Å². The molecule has 0 aliphatic rings. The molecule has 124 valence electrons. The zero-order chi connectivity index (χ0) is 17.0. The topological polar surface area (TPSA) is 98.0 Å². The van der Waals surface area contributed by atoms with E-state index >= 15 is 0 Å². The lowest BCUT2D eigenvalue weighted by Crippen LogP contribution is -2.12. The Kier molecular flexibility index (Phi) is 5.93. The lowest BCUT2D eigenvalue weighted by Gasteiger charge is -2.12. The molecule has 0 atom stereocenters. The van der Waals surface area contributed by atoms with Gasteiger partial charge in [0.25, 0.3) is 0 Å². The second-order valence-electron chi connectivity index (χ2n) is 5.62. The summed E-state index contributed by atoms with van der Waals surface area (Å²) in [5, 5.41) is 8.35. The Morgan fingerprint density at radius 3 is 2.43 bits per heavy atom. The number of nitrogens with two attached hydrogens (primary N) is 1. The summed E-state index contributed by atoms with van der Waals surface area (Å²) in [6, 6.07) is 6.47. The minimum atomic E-state index is -3.65. The third-order valence-electron chi connectivity index (χ3n) is 3.18. The maximum absolute atomic E-state index is 11.2. The Morgan fingerprint density at radius 2 is 1.87 bits per heavy atom. The van der Waals surface area contributed by atoms with E-state index in [0.717, 1.165) is 27.1 Å². The van der Waals surface area contributed by atoms with Crippen LogP contribution < -0.4 is 10.5 Å². The molecule has 8 heteroatoms. The maximum atomic E-state index is 11.2. The van der Waals surface area contributed by atoms with Crippen LogP contribution in [0.2, 0.25) is 0 Å². The number of hydrogen-bond donors (Lipinski definition) is 2. The van der Waals surface area contributed by atoms with Crippen molar-refractivity contribution in [3.8, 4) is 0 Å². The van der Waals surface area contributed by atoms with Crippen molar-refractivity contribution < 1.29 is 8.42 Å². The number of aromatic nitrogens is 2. The Balaban J connectivity index is 2.09. The van der Waals surface area contributed by atoms with Crippen LogP contribution in [0.1, 0.15) is 25.1 Å². The van der Waals surface area contributed by atoms with Crippen molar-refractivity contribution in [2.75, 3.05) is 5.32 Å². The summed E-state index contributed by atoms with van der Waals surface area (Å²) in [7, 11) is -3.65. The Bertz CT molecular complexity index is 777. The summed E-state index contributed by atoms with van der Waals surface area (Å²) in [6.07, 6.45) is 2.46. The predicted molar refractivity (Wildman–Crippen MR) is 98.4 cm³/mol. The van der Waals surface area contributed by atoms with Crippen LogP contribution in [-0.4, -0.2) is 18.4 Å². The maximum Gasteiger partial charge on any atom is 0.238 e. The van der Waals surface area contributed by atoms with Gasteiger partial charge in [0.05, 0.1) is 14.2 Å². The van der Waals surface area contributed by atoms with Gasteiger partial charge in [0.15, 0.2) is 0 Å². The number of anilines is 1. The van der Waals surface area contributed by atoms with Crippen molar-refractivity contribution in [1.82, 2.24) is 9.97 Å². The summed E-state index contributed by atoms with van der Waals surface area (Å²) in [5.74, 6) is 1.31. The second-order valence-corrected chi connectivity index (χ2v) is 8.26. The zero-order valence-corrected chi connectivity index (χ0v) is 15.9. The molecular weight excluding hydrogens is 427 g/mol. The van der Waals surface area contributed by atoms with Crippen LogP contribution in [0.5, 0.6) is 0 Å². The molecule has 0 amide bonds. The average molecular weight is 446 g/mol. The molecular formula is C15H19IN4O2S. The van der Waals surface area contributed by atoms with Gasteiger partial charge in [-0.2, -0.15) is 0 Å². The predicted octanol–water partition coefficient (Wildman–Crippen LogP) is 2.54. The SMILES string of the molecule is CC(C)Cc1ncnc(NCc2ccc(S(N)(=O)=O)cc2)c1I. The first-order chi connectivity index (χ1) is 10.8. The summed E-state index contributed by atoms with van der Waals surface area (Å²) >= 11 is 2.25. The number of benzene rings is 1. The van der Waals surface area contributed by atoms with Crippen molar-refractivity contribution in [3.05, 3.63) is 45.4 Å². The van der Waals surface area contributed by atoms with E-state index in [0.29, 0.717) is 12.5 Å². The van der Waals surface area contributed by atoms with E-state index in [-0.39, 0.29) is 4.90 Å². The molecule has 6 nitrogen and oxygen atoms in total. The van der Waals surface area contributed by atoms with Crippen molar-refractivity contribution in [2.24, 2.45) is 11.1 Å². The van der Waals surface area contributed by atoms with Gasteiger partial charge in [0, 0.05) is 6.54 Å². The van der Waals surface area contributed by atoms with Gasteiger partial charge >= 0.3 is 0 Å². The molecule has 0 fully saturated rings. The first kappa shape index (κ1) is 18.1.